The minimum atomic E-state index is -0.800. The van der Waals surface area contributed by atoms with Crippen molar-refractivity contribution in [2.24, 2.45) is 23.1 Å². The molecular formula is C12H19BrN2O2. The highest BCUT2D eigenvalue weighted by molar-refractivity contribution is 9.10. The zero-order valence-corrected chi connectivity index (χ0v) is 11.4. The molecule has 4 aliphatic rings. The summed E-state index contributed by atoms with van der Waals surface area (Å²) in [7, 11) is 0. The van der Waals surface area contributed by atoms with Crippen molar-refractivity contribution < 1.29 is 9.90 Å². The molecule has 0 aromatic heterocycles. The first-order valence-electron chi connectivity index (χ1n) is 6.34. The Kier molecular flexibility index (Phi) is 2.58. The van der Waals surface area contributed by atoms with E-state index in [1.54, 1.807) is 0 Å². The van der Waals surface area contributed by atoms with Crippen LogP contribution < -0.4 is 11.3 Å². The molecule has 0 aromatic rings. The van der Waals surface area contributed by atoms with Gasteiger partial charge in [0.2, 0.25) is 0 Å². The van der Waals surface area contributed by atoms with E-state index in [-0.39, 0.29) is 9.74 Å². The number of carboxylic acids is 1. The molecule has 4 bridgehead atoms. The Morgan fingerprint density at radius 3 is 2.35 bits per heavy atom. The fourth-order valence-electron chi connectivity index (χ4n) is 5.07. The van der Waals surface area contributed by atoms with Gasteiger partial charge in [0, 0.05) is 4.32 Å². The number of nitrogens with one attached hydrogen (secondary N) is 1. The largest absolute Gasteiger partial charge is 0.480 e. The third-order valence-corrected chi connectivity index (χ3v) is 5.99. The number of alkyl halides is 1. The molecule has 0 amide bonds. The maximum absolute atomic E-state index is 11.4. The third kappa shape index (κ3) is 1.74. The summed E-state index contributed by atoms with van der Waals surface area (Å²) in [5.41, 5.74) is 2.42. The molecule has 3 atom stereocenters. The van der Waals surface area contributed by atoms with Gasteiger partial charge in [-0.2, -0.15) is 0 Å². The van der Waals surface area contributed by atoms with Crippen molar-refractivity contribution in [2.45, 2.75) is 48.9 Å². The minimum Gasteiger partial charge on any atom is -0.480 e. The number of rotatable bonds is 3. The van der Waals surface area contributed by atoms with Crippen LogP contribution in [0.5, 0.6) is 0 Å². The fraction of sp³-hybridized carbons (Fsp3) is 0.917. The van der Waals surface area contributed by atoms with E-state index >= 15 is 0 Å². The molecule has 5 heteroatoms. The zero-order chi connectivity index (χ0) is 12.3. The summed E-state index contributed by atoms with van der Waals surface area (Å²) in [6.45, 7) is 0. The highest BCUT2D eigenvalue weighted by atomic mass is 79.9. The number of hydrogen-bond acceptors (Lipinski definition) is 3. The molecule has 0 spiro atoms. The van der Waals surface area contributed by atoms with Gasteiger partial charge in [0.1, 0.15) is 6.04 Å². The van der Waals surface area contributed by atoms with Crippen LogP contribution >= 0.6 is 15.9 Å². The highest BCUT2D eigenvalue weighted by Gasteiger charge is 2.60. The number of halogens is 1. The Morgan fingerprint density at radius 2 is 1.94 bits per heavy atom. The van der Waals surface area contributed by atoms with Crippen LogP contribution in [0.1, 0.15) is 38.5 Å². The maximum Gasteiger partial charge on any atom is 0.322 e. The molecule has 17 heavy (non-hydrogen) atoms. The summed E-state index contributed by atoms with van der Waals surface area (Å²) < 4.78 is 0.182. The Labute approximate surface area is 109 Å². The Hall–Kier alpha value is -0.130. The first kappa shape index (κ1) is 11.9. The molecule has 4 fully saturated rings. The van der Waals surface area contributed by atoms with Gasteiger partial charge in [-0.1, -0.05) is 15.9 Å². The van der Waals surface area contributed by atoms with Crippen LogP contribution in [0.2, 0.25) is 0 Å². The number of nitrogens with two attached hydrogens (primary N) is 1. The van der Waals surface area contributed by atoms with Crippen LogP contribution in [0.25, 0.3) is 0 Å². The van der Waals surface area contributed by atoms with E-state index in [0.29, 0.717) is 11.8 Å². The van der Waals surface area contributed by atoms with Gasteiger partial charge in [0.25, 0.3) is 0 Å². The van der Waals surface area contributed by atoms with Gasteiger partial charge < -0.3 is 5.11 Å². The lowest BCUT2D eigenvalue weighted by atomic mass is 9.47. The quantitative estimate of drug-likeness (QED) is 0.421. The molecule has 4 rings (SSSR count). The molecular weight excluding hydrogens is 284 g/mol. The predicted octanol–water partition coefficient (Wildman–Crippen LogP) is 1.64. The van der Waals surface area contributed by atoms with Crippen molar-refractivity contribution >= 4 is 21.9 Å². The minimum absolute atomic E-state index is 0.131. The van der Waals surface area contributed by atoms with Crippen molar-refractivity contribution in [1.82, 2.24) is 5.43 Å². The van der Waals surface area contributed by atoms with E-state index in [1.165, 1.54) is 19.3 Å². The normalized spacial score (nSPS) is 49.3. The molecule has 0 radical (unpaired) electrons. The van der Waals surface area contributed by atoms with Crippen LogP contribution in [-0.2, 0) is 4.79 Å². The summed E-state index contributed by atoms with van der Waals surface area (Å²) in [5, 5.41) is 9.36. The van der Waals surface area contributed by atoms with E-state index in [4.69, 9.17) is 5.84 Å². The van der Waals surface area contributed by atoms with Crippen LogP contribution in [0.3, 0.4) is 0 Å². The average molecular weight is 303 g/mol. The molecule has 4 aliphatic carbocycles. The molecule has 0 unspecified atom stereocenters. The number of hydrogen-bond donors (Lipinski definition) is 3. The van der Waals surface area contributed by atoms with E-state index in [2.05, 4.69) is 21.4 Å². The van der Waals surface area contributed by atoms with Gasteiger partial charge >= 0.3 is 5.97 Å². The lowest BCUT2D eigenvalue weighted by molar-refractivity contribution is -0.150. The van der Waals surface area contributed by atoms with E-state index in [9.17, 15) is 9.90 Å². The van der Waals surface area contributed by atoms with Crippen LogP contribution in [0.4, 0.5) is 0 Å². The first-order valence-corrected chi connectivity index (χ1v) is 7.14. The van der Waals surface area contributed by atoms with Crippen molar-refractivity contribution in [1.29, 1.82) is 0 Å². The van der Waals surface area contributed by atoms with Gasteiger partial charge in [-0.3, -0.25) is 10.6 Å². The van der Waals surface area contributed by atoms with Crippen molar-refractivity contribution in [3.05, 3.63) is 0 Å². The zero-order valence-electron chi connectivity index (χ0n) is 9.79. The summed E-state index contributed by atoms with van der Waals surface area (Å²) in [5.74, 6) is 6.06. The predicted molar refractivity (Wildman–Crippen MR) is 67.5 cm³/mol. The number of aliphatic carboxylic acids is 1. The monoisotopic (exact) mass is 302 g/mol. The fourth-order valence-corrected chi connectivity index (χ4v) is 6.54. The van der Waals surface area contributed by atoms with Gasteiger partial charge in [0.05, 0.1) is 0 Å². The lowest BCUT2D eigenvalue weighted by Gasteiger charge is -2.61. The van der Waals surface area contributed by atoms with E-state index in [1.807, 2.05) is 0 Å². The number of carbonyl (C=O) groups is 1. The summed E-state index contributed by atoms with van der Waals surface area (Å²) in [6, 6.07) is -0.592. The Morgan fingerprint density at radius 1 is 1.35 bits per heavy atom. The molecule has 0 heterocycles. The van der Waals surface area contributed by atoms with Gasteiger partial charge in [0.15, 0.2) is 0 Å². The summed E-state index contributed by atoms with van der Waals surface area (Å²) in [6.07, 6.45) is 6.71. The van der Waals surface area contributed by atoms with Gasteiger partial charge in [-0.15, -0.1) is 0 Å². The van der Waals surface area contributed by atoms with Crippen LogP contribution in [0.15, 0.2) is 0 Å². The summed E-state index contributed by atoms with van der Waals surface area (Å²) in [4.78, 5) is 11.4. The molecule has 4 N–H and O–H groups in total. The van der Waals surface area contributed by atoms with E-state index in [0.717, 1.165) is 19.3 Å². The number of hydrazine groups is 1. The van der Waals surface area contributed by atoms with Crippen LogP contribution in [-0.4, -0.2) is 21.4 Å². The van der Waals surface area contributed by atoms with Crippen molar-refractivity contribution in [3.63, 3.8) is 0 Å². The third-order valence-electron chi connectivity index (χ3n) is 5.06. The molecule has 0 aromatic carbocycles. The first-order chi connectivity index (χ1) is 7.96. The standard InChI is InChI=1S/C12H19BrN2O2/c13-12-4-7-1-8(5-12)3-11(2-7,6-12)9(15-14)10(16)17/h7-9,15H,1-6,14H2,(H,16,17)/t7-,8-,9-,11?,12?/m1/s1. The van der Waals surface area contributed by atoms with Crippen LogP contribution in [0, 0.1) is 17.3 Å². The smallest absolute Gasteiger partial charge is 0.322 e. The summed E-state index contributed by atoms with van der Waals surface area (Å²) >= 11 is 3.88. The van der Waals surface area contributed by atoms with E-state index < -0.39 is 12.0 Å². The van der Waals surface area contributed by atoms with Crippen molar-refractivity contribution in [2.75, 3.05) is 0 Å². The van der Waals surface area contributed by atoms with Crippen molar-refractivity contribution in [3.8, 4) is 0 Å². The molecule has 96 valence electrons. The molecule has 0 aliphatic heterocycles. The lowest BCUT2D eigenvalue weighted by Crippen LogP contribution is -2.63. The molecule has 4 nitrogen and oxygen atoms in total. The number of carboxylic acid groups (broad SMARTS) is 1. The maximum atomic E-state index is 11.4. The topological polar surface area (TPSA) is 75.3 Å². The Bertz CT molecular complexity index is 346. The molecule has 4 saturated carbocycles. The van der Waals surface area contributed by atoms with Gasteiger partial charge in [-0.25, -0.2) is 5.43 Å². The highest BCUT2D eigenvalue weighted by Crippen LogP contribution is 2.65. The Balaban J connectivity index is 1.95. The molecule has 0 saturated heterocycles. The second-order valence-electron chi connectivity index (χ2n) is 6.41. The van der Waals surface area contributed by atoms with Gasteiger partial charge in [-0.05, 0) is 55.8 Å². The second-order valence-corrected chi connectivity index (χ2v) is 8.09. The second kappa shape index (κ2) is 3.68. The SMILES string of the molecule is NN[C@H](C(=O)O)C12C[C@H]3C[C@@H](CC(Br)(C3)C1)C2. The average Bonchev–Trinajstić information content (AvgIpc) is 2.12.